The van der Waals surface area contributed by atoms with Gasteiger partial charge in [-0.25, -0.2) is 4.39 Å². The lowest BCUT2D eigenvalue weighted by molar-refractivity contribution is -0.135. The molecule has 8 heteroatoms. The Balaban J connectivity index is 1.76. The van der Waals surface area contributed by atoms with E-state index in [2.05, 4.69) is 21.2 Å². The predicted octanol–water partition coefficient (Wildman–Crippen LogP) is 4.72. The monoisotopic (exact) mass is 512 g/mol. The molecule has 33 heavy (non-hydrogen) atoms. The second-order valence-corrected chi connectivity index (χ2v) is 8.54. The van der Waals surface area contributed by atoms with Crippen molar-refractivity contribution in [3.63, 3.8) is 0 Å². The first-order valence-electron chi connectivity index (χ1n) is 10.2. The van der Waals surface area contributed by atoms with Crippen molar-refractivity contribution in [2.24, 2.45) is 0 Å². The number of amides is 2. The van der Waals surface area contributed by atoms with Gasteiger partial charge >= 0.3 is 0 Å². The van der Waals surface area contributed by atoms with E-state index in [1.165, 1.54) is 24.1 Å². The second kappa shape index (κ2) is 9.62. The highest BCUT2D eigenvalue weighted by Gasteiger charge is 2.33. The lowest BCUT2D eigenvalue weighted by atomic mass is 9.95. The average Bonchev–Trinajstić information content (AvgIpc) is 2.95. The molecule has 0 bridgehead atoms. The number of nitrogens with one attached hydrogen (secondary N) is 1. The Bertz CT molecular complexity index is 1200. The van der Waals surface area contributed by atoms with Crippen molar-refractivity contribution in [3.05, 3.63) is 87.6 Å². The molecule has 0 spiro atoms. The van der Waals surface area contributed by atoms with Gasteiger partial charge in [0.2, 0.25) is 11.8 Å². The summed E-state index contributed by atoms with van der Waals surface area (Å²) in [5.74, 6) is 0.147. The average molecular weight is 513 g/mol. The summed E-state index contributed by atoms with van der Waals surface area (Å²) < 4.78 is 25.1. The van der Waals surface area contributed by atoms with E-state index in [1.54, 1.807) is 43.5 Å². The van der Waals surface area contributed by atoms with Gasteiger partial charge in [-0.15, -0.1) is 0 Å². The van der Waals surface area contributed by atoms with Crippen LogP contribution in [0.1, 0.15) is 22.7 Å². The van der Waals surface area contributed by atoms with Crippen LogP contribution in [0.3, 0.4) is 0 Å². The third-order valence-electron chi connectivity index (χ3n) is 5.52. The van der Waals surface area contributed by atoms with E-state index in [0.717, 1.165) is 15.6 Å². The van der Waals surface area contributed by atoms with Crippen LogP contribution in [0.4, 0.5) is 10.1 Å². The third-order valence-corrected chi connectivity index (χ3v) is 6.01. The lowest BCUT2D eigenvalue weighted by Crippen LogP contribution is -2.39. The minimum atomic E-state index is -0.579. The fourth-order valence-electron chi connectivity index (χ4n) is 3.98. The van der Waals surface area contributed by atoms with Gasteiger partial charge in [0.1, 0.15) is 12.4 Å². The zero-order chi connectivity index (χ0) is 23.5. The summed E-state index contributed by atoms with van der Waals surface area (Å²) in [5, 5.41) is 2.88. The van der Waals surface area contributed by atoms with Crippen LogP contribution >= 0.6 is 15.9 Å². The minimum Gasteiger partial charge on any atom is -0.493 e. The summed E-state index contributed by atoms with van der Waals surface area (Å²) in [6.45, 7) is -0.138. The van der Waals surface area contributed by atoms with E-state index in [0.29, 0.717) is 22.7 Å². The van der Waals surface area contributed by atoms with Gasteiger partial charge in [-0.3, -0.25) is 9.59 Å². The molecular weight excluding hydrogens is 491 g/mol. The molecule has 1 aliphatic heterocycles. The Labute approximate surface area is 199 Å². The molecule has 6 nitrogen and oxygen atoms in total. The number of carbonyl (C=O) groups excluding carboxylic acids is 2. The molecule has 0 saturated carbocycles. The molecule has 1 N–H and O–H groups in total. The molecule has 2 amide bonds. The summed E-state index contributed by atoms with van der Waals surface area (Å²) in [7, 11) is 3.07. The number of nitrogens with zero attached hydrogens (tertiary/aromatic N) is 1. The van der Waals surface area contributed by atoms with Crippen LogP contribution in [0.2, 0.25) is 0 Å². The number of hydrogen-bond donors (Lipinski definition) is 1. The highest BCUT2D eigenvalue weighted by molar-refractivity contribution is 9.10. The zero-order valence-electron chi connectivity index (χ0n) is 18.1. The first-order valence-corrected chi connectivity index (χ1v) is 11.0. The second-order valence-electron chi connectivity index (χ2n) is 7.62. The molecule has 4 rings (SSSR count). The molecule has 1 aliphatic rings. The van der Waals surface area contributed by atoms with Gasteiger partial charge in [0.25, 0.3) is 0 Å². The molecule has 1 atom stereocenters. The summed E-state index contributed by atoms with van der Waals surface area (Å²) in [5.41, 5.74) is 2.77. The maximum absolute atomic E-state index is 13.7. The zero-order valence-corrected chi connectivity index (χ0v) is 19.7. The number of anilines is 1. The molecule has 0 aromatic heterocycles. The van der Waals surface area contributed by atoms with Crippen molar-refractivity contribution in [3.8, 4) is 11.5 Å². The first kappa shape index (κ1) is 22.8. The molecule has 0 saturated heterocycles. The van der Waals surface area contributed by atoms with Gasteiger partial charge in [-0.1, -0.05) is 34.1 Å². The van der Waals surface area contributed by atoms with Gasteiger partial charge in [0, 0.05) is 15.7 Å². The van der Waals surface area contributed by atoms with Gasteiger partial charge < -0.3 is 19.7 Å². The Morgan fingerprint density at radius 2 is 1.79 bits per heavy atom. The van der Waals surface area contributed by atoms with Gasteiger partial charge in [-0.05, 0) is 53.6 Å². The quantitative estimate of drug-likeness (QED) is 0.537. The first-order chi connectivity index (χ1) is 15.9. The molecule has 3 aromatic rings. The predicted molar refractivity (Wildman–Crippen MR) is 126 cm³/mol. The van der Waals surface area contributed by atoms with E-state index in [1.807, 2.05) is 12.1 Å². The standard InChI is InChI=1S/C25H22BrFN2O4/c1-32-21-10-3-15(11-22(21)33-2)12-24(31)29-14-23(30)28-20-9-6-17(26)13-19(20)25(29)16-4-7-18(27)8-5-16/h3-11,13,25H,12,14H2,1-2H3,(H,28,30)/t25-/m1/s1. The summed E-state index contributed by atoms with van der Waals surface area (Å²) in [6.07, 6.45) is 0.0503. The van der Waals surface area contributed by atoms with Gasteiger partial charge in [-0.2, -0.15) is 0 Å². The molecular formula is C25H22BrFN2O4. The van der Waals surface area contributed by atoms with E-state index in [-0.39, 0.29) is 30.6 Å². The molecule has 0 aliphatic carbocycles. The summed E-state index contributed by atoms with van der Waals surface area (Å²) in [4.78, 5) is 27.8. The highest BCUT2D eigenvalue weighted by Crippen LogP contribution is 2.38. The summed E-state index contributed by atoms with van der Waals surface area (Å²) >= 11 is 3.48. The molecule has 0 unspecified atom stereocenters. The van der Waals surface area contributed by atoms with Crippen LogP contribution in [-0.4, -0.2) is 37.5 Å². The highest BCUT2D eigenvalue weighted by atomic mass is 79.9. The van der Waals surface area contributed by atoms with E-state index in [9.17, 15) is 14.0 Å². The molecule has 0 fully saturated rings. The van der Waals surface area contributed by atoms with E-state index in [4.69, 9.17) is 9.47 Å². The number of methoxy groups -OCH3 is 2. The Hall–Kier alpha value is -3.39. The molecule has 1 heterocycles. The van der Waals surface area contributed by atoms with Gasteiger partial charge in [0.15, 0.2) is 11.5 Å². The van der Waals surface area contributed by atoms with Gasteiger partial charge in [0.05, 0.1) is 26.7 Å². The Morgan fingerprint density at radius 1 is 1.06 bits per heavy atom. The van der Waals surface area contributed by atoms with Crippen LogP contribution in [0, 0.1) is 5.82 Å². The van der Waals surface area contributed by atoms with Crippen molar-refractivity contribution in [2.75, 3.05) is 26.1 Å². The Morgan fingerprint density at radius 3 is 2.48 bits per heavy atom. The van der Waals surface area contributed by atoms with Crippen molar-refractivity contribution >= 4 is 33.4 Å². The van der Waals surface area contributed by atoms with Crippen molar-refractivity contribution in [1.29, 1.82) is 0 Å². The topological polar surface area (TPSA) is 67.9 Å². The fourth-order valence-corrected chi connectivity index (χ4v) is 4.36. The number of halogens is 2. The van der Waals surface area contributed by atoms with Crippen LogP contribution in [0.15, 0.2) is 65.1 Å². The fraction of sp³-hybridized carbons (Fsp3) is 0.200. The Kier molecular flexibility index (Phi) is 6.65. The SMILES string of the molecule is COc1ccc(CC(=O)N2CC(=O)Nc3ccc(Br)cc3[C@H]2c2ccc(F)cc2)cc1OC. The maximum Gasteiger partial charge on any atom is 0.244 e. The van der Waals surface area contributed by atoms with Crippen molar-refractivity contribution in [1.82, 2.24) is 4.90 Å². The third kappa shape index (κ3) is 4.85. The van der Waals surface area contributed by atoms with E-state index >= 15 is 0 Å². The maximum atomic E-state index is 13.7. The summed E-state index contributed by atoms with van der Waals surface area (Å²) in [6, 6.07) is 16.1. The smallest absolute Gasteiger partial charge is 0.244 e. The van der Waals surface area contributed by atoms with Crippen molar-refractivity contribution < 1.29 is 23.5 Å². The van der Waals surface area contributed by atoms with Crippen LogP contribution < -0.4 is 14.8 Å². The number of hydrogen-bond acceptors (Lipinski definition) is 4. The van der Waals surface area contributed by atoms with Crippen LogP contribution in [0.5, 0.6) is 11.5 Å². The number of fused-ring (bicyclic) bond motifs is 1. The molecule has 3 aromatic carbocycles. The van der Waals surface area contributed by atoms with E-state index < -0.39 is 6.04 Å². The number of benzene rings is 3. The van der Waals surface area contributed by atoms with Crippen LogP contribution in [-0.2, 0) is 16.0 Å². The molecule has 170 valence electrons. The lowest BCUT2D eigenvalue weighted by Gasteiger charge is -2.31. The number of rotatable bonds is 5. The molecule has 0 radical (unpaired) electrons. The minimum absolute atomic E-state index is 0.0503. The largest absolute Gasteiger partial charge is 0.493 e. The van der Waals surface area contributed by atoms with Crippen LogP contribution in [0.25, 0.3) is 0 Å². The number of ether oxygens (including phenoxy) is 2. The normalized spacial score (nSPS) is 15.3. The van der Waals surface area contributed by atoms with Crippen molar-refractivity contribution in [2.45, 2.75) is 12.5 Å². The number of carbonyl (C=O) groups is 2.